The molecule has 2 nitrogen and oxygen atoms in total. The fourth-order valence-corrected chi connectivity index (χ4v) is 1.84. The largest absolute Gasteiger partial charge is 0.295 e. The van der Waals surface area contributed by atoms with Crippen LogP contribution in [-0.4, -0.2) is 11.6 Å². The first-order chi connectivity index (χ1) is 9.75. The molecule has 0 saturated heterocycles. The Balaban J connectivity index is 1.84. The summed E-state index contributed by atoms with van der Waals surface area (Å²) in [5, 5.41) is 0. The smallest absolute Gasteiger partial charge is 0.163 e. The molecule has 2 aromatic rings. The Morgan fingerprint density at radius 3 is 2.05 bits per heavy atom. The Hall–Kier alpha value is -2.48. The highest BCUT2D eigenvalue weighted by atomic mass is 16.1. The number of Topliss-reactive ketones (excluding diaryl/α,β-unsaturated/α-hetero) is 1. The Kier molecular flexibility index (Phi) is 5.01. The highest BCUT2D eigenvalue weighted by Crippen LogP contribution is 2.07. The number of hydrogen-bond acceptors (Lipinski definition) is 2. The van der Waals surface area contributed by atoms with Crippen molar-refractivity contribution in [3.8, 4) is 0 Å². The van der Waals surface area contributed by atoms with Crippen LogP contribution in [0.3, 0.4) is 0 Å². The maximum atomic E-state index is 11.8. The molecular formula is C18H16O2. The van der Waals surface area contributed by atoms with Crippen molar-refractivity contribution in [1.29, 1.82) is 0 Å². The van der Waals surface area contributed by atoms with Crippen molar-refractivity contribution >= 4 is 17.6 Å². The molecule has 0 fully saturated rings. The summed E-state index contributed by atoms with van der Waals surface area (Å²) < 4.78 is 0. The monoisotopic (exact) mass is 264 g/mol. The molecule has 0 aliphatic rings. The molecule has 20 heavy (non-hydrogen) atoms. The quantitative estimate of drug-likeness (QED) is 0.585. The van der Waals surface area contributed by atoms with E-state index < -0.39 is 0 Å². The zero-order valence-electron chi connectivity index (χ0n) is 11.2. The third kappa shape index (κ3) is 4.32. The Morgan fingerprint density at radius 2 is 1.40 bits per heavy atom. The van der Waals surface area contributed by atoms with Gasteiger partial charge >= 0.3 is 0 Å². The molecule has 0 aromatic heterocycles. The molecule has 2 aromatic carbocycles. The van der Waals surface area contributed by atoms with Crippen LogP contribution in [0.2, 0.25) is 0 Å². The van der Waals surface area contributed by atoms with Gasteiger partial charge in [-0.25, -0.2) is 0 Å². The highest BCUT2D eigenvalue weighted by Gasteiger charge is 2.06. The average Bonchev–Trinajstić information content (AvgIpc) is 2.52. The molecule has 0 atom stereocenters. The van der Waals surface area contributed by atoms with Gasteiger partial charge < -0.3 is 0 Å². The minimum atomic E-state index is -0.0295. The fourth-order valence-electron chi connectivity index (χ4n) is 1.84. The van der Waals surface area contributed by atoms with E-state index in [2.05, 4.69) is 0 Å². The molecule has 0 spiro atoms. The predicted molar refractivity (Wildman–Crippen MR) is 80.5 cm³/mol. The molecule has 0 heterocycles. The second-order valence-corrected chi connectivity index (χ2v) is 4.50. The molecule has 0 N–H and O–H groups in total. The lowest BCUT2D eigenvalue weighted by molar-refractivity contribution is -0.114. The van der Waals surface area contributed by atoms with Crippen LogP contribution in [-0.2, 0) is 4.79 Å². The summed E-state index contributed by atoms with van der Waals surface area (Å²) in [5.41, 5.74) is 1.64. The van der Waals surface area contributed by atoms with Gasteiger partial charge in [0.15, 0.2) is 11.6 Å². The third-order valence-corrected chi connectivity index (χ3v) is 2.96. The standard InChI is InChI=1S/C18H16O2/c19-17(12-11-15-7-3-1-4-8-15)13-14-18(20)16-9-5-2-6-10-16/h1-12H,13-14H2/b12-11+. The number of carbonyl (C=O) groups excluding carboxylic acids is 2. The lowest BCUT2D eigenvalue weighted by Crippen LogP contribution is -2.02. The summed E-state index contributed by atoms with van der Waals surface area (Å²) in [4.78, 5) is 23.6. The van der Waals surface area contributed by atoms with Gasteiger partial charge in [-0.3, -0.25) is 9.59 Å². The zero-order valence-corrected chi connectivity index (χ0v) is 11.2. The summed E-state index contributed by atoms with van der Waals surface area (Å²) in [6, 6.07) is 18.7. The summed E-state index contributed by atoms with van der Waals surface area (Å²) in [6.07, 6.45) is 3.81. The molecule has 0 amide bonds. The lowest BCUT2D eigenvalue weighted by Gasteiger charge is -1.98. The van der Waals surface area contributed by atoms with Crippen molar-refractivity contribution in [1.82, 2.24) is 0 Å². The van der Waals surface area contributed by atoms with Crippen molar-refractivity contribution in [3.63, 3.8) is 0 Å². The molecule has 0 saturated carbocycles. The van der Waals surface area contributed by atoms with Gasteiger partial charge in [0.2, 0.25) is 0 Å². The number of carbonyl (C=O) groups is 2. The summed E-state index contributed by atoms with van der Waals surface area (Å²) >= 11 is 0. The van der Waals surface area contributed by atoms with E-state index in [1.54, 1.807) is 18.2 Å². The van der Waals surface area contributed by atoms with E-state index in [9.17, 15) is 9.59 Å². The predicted octanol–water partition coefficient (Wildman–Crippen LogP) is 3.93. The fraction of sp³-hybridized carbons (Fsp3) is 0.111. The SMILES string of the molecule is O=C(/C=C/c1ccccc1)CCC(=O)c1ccccc1. The first-order valence-electron chi connectivity index (χ1n) is 6.60. The van der Waals surface area contributed by atoms with Crippen LogP contribution in [0.15, 0.2) is 66.7 Å². The first kappa shape index (κ1) is 13.9. The van der Waals surface area contributed by atoms with Crippen LogP contribution >= 0.6 is 0 Å². The van der Waals surface area contributed by atoms with Crippen LogP contribution in [0, 0.1) is 0 Å². The normalized spacial score (nSPS) is 10.6. The van der Waals surface area contributed by atoms with Crippen molar-refractivity contribution in [2.24, 2.45) is 0 Å². The van der Waals surface area contributed by atoms with Gasteiger partial charge in [-0.15, -0.1) is 0 Å². The van der Waals surface area contributed by atoms with Gasteiger partial charge in [0.05, 0.1) is 0 Å². The molecular weight excluding hydrogens is 248 g/mol. The topological polar surface area (TPSA) is 34.1 Å². The summed E-state index contributed by atoms with van der Waals surface area (Å²) in [6.45, 7) is 0. The number of hydrogen-bond donors (Lipinski definition) is 0. The molecule has 2 heteroatoms. The Morgan fingerprint density at radius 1 is 0.800 bits per heavy atom. The van der Waals surface area contributed by atoms with Crippen LogP contribution in [0.1, 0.15) is 28.8 Å². The third-order valence-electron chi connectivity index (χ3n) is 2.96. The Labute approximate surface area is 118 Å². The zero-order chi connectivity index (χ0) is 14.2. The maximum Gasteiger partial charge on any atom is 0.163 e. The van der Waals surface area contributed by atoms with E-state index in [1.807, 2.05) is 48.5 Å². The second kappa shape index (κ2) is 7.19. The lowest BCUT2D eigenvalue weighted by atomic mass is 10.0. The summed E-state index contributed by atoms with van der Waals surface area (Å²) in [5.74, 6) is -0.0230. The van der Waals surface area contributed by atoms with Crippen LogP contribution in [0.25, 0.3) is 6.08 Å². The number of benzene rings is 2. The van der Waals surface area contributed by atoms with E-state index in [1.165, 1.54) is 6.08 Å². The van der Waals surface area contributed by atoms with Gasteiger partial charge in [-0.05, 0) is 11.6 Å². The van der Waals surface area contributed by atoms with Crippen LogP contribution < -0.4 is 0 Å². The minimum absolute atomic E-state index is 0.00654. The number of rotatable bonds is 6. The van der Waals surface area contributed by atoms with Gasteiger partial charge in [0.25, 0.3) is 0 Å². The van der Waals surface area contributed by atoms with Crippen molar-refractivity contribution < 1.29 is 9.59 Å². The average molecular weight is 264 g/mol. The van der Waals surface area contributed by atoms with Gasteiger partial charge in [-0.1, -0.05) is 66.7 Å². The van der Waals surface area contributed by atoms with E-state index >= 15 is 0 Å². The van der Waals surface area contributed by atoms with Crippen molar-refractivity contribution in [3.05, 3.63) is 77.9 Å². The Bertz CT molecular complexity index is 598. The van der Waals surface area contributed by atoms with E-state index in [0.717, 1.165) is 5.56 Å². The molecule has 0 unspecified atom stereocenters. The van der Waals surface area contributed by atoms with E-state index in [-0.39, 0.29) is 24.4 Å². The molecule has 0 bridgehead atoms. The van der Waals surface area contributed by atoms with Crippen molar-refractivity contribution in [2.45, 2.75) is 12.8 Å². The van der Waals surface area contributed by atoms with E-state index in [4.69, 9.17) is 0 Å². The van der Waals surface area contributed by atoms with Crippen LogP contribution in [0.5, 0.6) is 0 Å². The molecule has 100 valence electrons. The minimum Gasteiger partial charge on any atom is -0.295 e. The molecule has 0 aliphatic carbocycles. The summed E-state index contributed by atoms with van der Waals surface area (Å²) in [7, 11) is 0. The molecule has 2 rings (SSSR count). The molecule has 0 radical (unpaired) electrons. The van der Waals surface area contributed by atoms with Crippen molar-refractivity contribution in [2.75, 3.05) is 0 Å². The van der Waals surface area contributed by atoms with Gasteiger partial charge in [-0.2, -0.15) is 0 Å². The maximum absolute atomic E-state index is 11.8. The highest BCUT2D eigenvalue weighted by molar-refractivity contribution is 6.00. The number of ketones is 2. The first-order valence-corrected chi connectivity index (χ1v) is 6.60. The molecule has 0 aliphatic heterocycles. The van der Waals surface area contributed by atoms with Gasteiger partial charge in [0, 0.05) is 18.4 Å². The number of allylic oxidation sites excluding steroid dienone is 1. The van der Waals surface area contributed by atoms with Gasteiger partial charge in [0.1, 0.15) is 0 Å². The van der Waals surface area contributed by atoms with E-state index in [0.29, 0.717) is 5.56 Å². The second-order valence-electron chi connectivity index (χ2n) is 4.50. The van der Waals surface area contributed by atoms with Crippen LogP contribution in [0.4, 0.5) is 0 Å².